The number of para-hydroxylation sites is 2. The van der Waals surface area contributed by atoms with E-state index in [1.165, 1.54) is 4.88 Å². The van der Waals surface area contributed by atoms with Crippen molar-refractivity contribution in [1.82, 2.24) is 5.32 Å². The first-order valence-corrected chi connectivity index (χ1v) is 9.97. The van der Waals surface area contributed by atoms with Crippen LogP contribution in [0.25, 0.3) is 0 Å². The van der Waals surface area contributed by atoms with Crippen molar-refractivity contribution in [2.75, 3.05) is 18.9 Å². The van der Waals surface area contributed by atoms with Crippen molar-refractivity contribution in [3.8, 4) is 11.5 Å². The van der Waals surface area contributed by atoms with Crippen molar-refractivity contribution in [3.05, 3.63) is 45.1 Å². The molecule has 1 aliphatic rings. The maximum absolute atomic E-state index is 12.1. The molecule has 1 aromatic heterocycles. The number of thiophene rings is 1. The van der Waals surface area contributed by atoms with E-state index >= 15 is 0 Å². The molecule has 1 aliphatic heterocycles. The molecular weight excluding hydrogens is 398 g/mol. The van der Waals surface area contributed by atoms with E-state index in [1.807, 2.05) is 24.3 Å². The minimum Gasteiger partial charge on any atom is -0.485 e. The number of ether oxygens (including phenoxy) is 2. The molecule has 7 heteroatoms. The van der Waals surface area contributed by atoms with Gasteiger partial charge in [0, 0.05) is 22.9 Å². The molecule has 0 saturated heterocycles. The van der Waals surface area contributed by atoms with Gasteiger partial charge >= 0.3 is 0 Å². The predicted octanol–water partition coefficient (Wildman–Crippen LogP) is 3.70. The summed E-state index contributed by atoms with van der Waals surface area (Å²) in [5, 5.41) is 2.90. The Kier molecular flexibility index (Phi) is 5.85. The molecule has 0 unspecified atom stereocenters. The summed E-state index contributed by atoms with van der Waals surface area (Å²) in [7, 11) is 0. The summed E-state index contributed by atoms with van der Waals surface area (Å²) in [6.45, 7) is 0.872. The van der Waals surface area contributed by atoms with Crippen LogP contribution in [0.3, 0.4) is 0 Å². The summed E-state index contributed by atoms with van der Waals surface area (Å²) in [4.78, 5) is 13.4. The first-order valence-electron chi connectivity index (χ1n) is 7.20. The quantitative estimate of drug-likeness (QED) is 0.733. The van der Waals surface area contributed by atoms with Crippen LogP contribution in [0.1, 0.15) is 4.88 Å². The Balaban J connectivity index is 1.37. The van der Waals surface area contributed by atoms with Gasteiger partial charge < -0.3 is 14.8 Å². The van der Waals surface area contributed by atoms with Crippen LogP contribution in [0.15, 0.2) is 40.2 Å². The Labute approximate surface area is 151 Å². The molecule has 0 bridgehead atoms. The molecule has 1 amide bonds. The Morgan fingerprint density at radius 2 is 2.13 bits per heavy atom. The van der Waals surface area contributed by atoms with Gasteiger partial charge in [-0.15, -0.1) is 11.3 Å². The molecule has 0 aliphatic carbocycles. The van der Waals surface area contributed by atoms with Gasteiger partial charge in [0.15, 0.2) is 11.5 Å². The van der Waals surface area contributed by atoms with Crippen LogP contribution in [0.4, 0.5) is 0 Å². The molecule has 0 radical (unpaired) electrons. The lowest BCUT2D eigenvalue weighted by atomic mass is 10.2. The highest BCUT2D eigenvalue weighted by Gasteiger charge is 2.26. The summed E-state index contributed by atoms with van der Waals surface area (Å²) in [6, 6.07) is 11.6. The van der Waals surface area contributed by atoms with Crippen LogP contribution in [0, 0.1) is 0 Å². The second kappa shape index (κ2) is 8.08. The van der Waals surface area contributed by atoms with Gasteiger partial charge in [0.25, 0.3) is 5.91 Å². The summed E-state index contributed by atoms with van der Waals surface area (Å²) < 4.78 is 12.4. The van der Waals surface area contributed by atoms with Gasteiger partial charge in [-0.05, 0) is 40.2 Å². The molecular formula is C16H16BrNO3S2. The number of rotatable bonds is 6. The van der Waals surface area contributed by atoms with E-state index < -0.39 is 6.10 Å². The highest BCUT2D eigenvalue weighted by Crippen LogP contribution is 2.30. The molecule has 4 nitrogen and oxygen atoms in total. The summed E-state index contributed by atoms with van der Waals surface area (Å²) >= 11 is 7.00. The second-order valence-corrected chi connectivity index (χ2v) is 8.57. The Morgan fingerprint density at radius 3 is 2.91 bits per heavy atom. The number of halogens is 1. The Morgan fingerprint density at radius 1 is 1.30 bits per heavy atom. The van der Waals surface area contributed by atoms with Crippen molar-refractivity contribution in [3.63, 3.8) is 0 Å². The number of carbonyl (C=O) groups excluding carboxylic acids is 1. The lowest BCUT2D eigenvalue weighted by Gasteiger charge is -2.25. The van der Waals surface area contributed by atoms with Gasteiger partial charge in [0.2, 0.25) is 6.10 Å². The monoisotopic (exact) mass is 413 g/mol. The highest BCUT2D eigenvalue weighted by atomic mass is 79.9. The molecule has 1 N–H and O–H groups in total. The Hall–Kier alpha value is -1.18. The zero-order valence-electron chi connectivity index (χ0n) is 12.3. The van der Waals surface area contributed by atoms with Crippen LogP contribution in [0.2, 0.25) is 0 Å². The maximum atomic E-state index is 12.1. The van der Waals surface area contributed by atoms with Crippen LogP contribution >= 0.6 is 39.0 Å². The van der Waals surface area contributed by atoms with Crippen LogP contribution in [0.5, 0.6) is 11.5 Å². The van der Waals surface area contributed by atoms with Gasteiger partial charge in [-0.2, -0.15) is 11.8 Å². The highest BCUT2D eigenvalue weighted by molar-refractivity contribution is 9.11. The number of nitrogens with one attached hydrogen (secondary N) is 1. The van der Waals surface area contributed by atoms with Crippen molar-refractivity contribution >= 4 is 44.9 Å². The first kappa shape index (κ1) is 16.7. The zero-order chi connectivity index (χ0) is 16.1. The first-order chi connectivity index (χ1) is 11.2. The summed E-state index contributed by atoms with van der Waals surface area (Å²) in [5.74, 6) is 3.01. The molecule has 3 rings (SSSR count). The third-order valence-corrected chi connectivity index (χ3v) is 6.03. The molecule has 23 heavy (non-hydrogen) atoms. The average Bonchev–Trinajstić information content (AvgIpc) is 2.99. The number of carbonyl (C=O) groups is 1. The van der Waals surface area contributed by atoms with Gasteiger partial charge in [-0.25, -0.2) is 0 Å². The molecule has 1 aromatic carbocycles. The molecule has 0 saturated carbocycles. The van der Waals surface area contributed by atoms with E-state index in [0.717, 1.165) is 15.3 Å². The van der Waals surface area contributed by atoms with E-state index in [2.05, 4.69) is 33.4 Å². The van der Waals surface area contributed by atoms with Crippen molar-refractivity contribution in [1.29, 1.82) is 0 Å². The van der Waals surface area contributed by atoms with Gasteiger partial charge in [0.1, 0.15) is 6.61 Å². The SMILES string of the molecule is O=C(NCCSCc1ccc(Br)s1)[C@H]1COc2ccccc2O1. The number of hydrogen-bond acceptors (Lipinski definition) is 5. The smallest absolute Gasteiger partial charge is 0.264 e. The number of fused-ring (bicyclic) bond motifs is 1. The number of thioether (sulfide) groups is 1. The summed E-state index contributed by atoms with van der Waals surface area (Å²) in [6.07, 6.45) is -0.580. The third-order valence-electron chi connectivity index (χ3n) is 3.22. The number of amides is 1. The predicted molar refractivity (Wildman–Crippen MR) is 97.5 cm³/mol. The maximum Gasteiger partial charge on any atom is 0.264 e. The molecule has 2 aromatic rings. The zero-order valence-corrected chi connectivity index (χ0v) is 15.5. The molecule has 0 fully saturated rings. The summed E-state index contributed by atoms with van der Waals surface area (Å²) in [5.41, 5.74) is 0. The van der Waals surface area contributed by atoms with Crippen molar-refractivity contribution < 1.29 is 14.3 Å². The lowest BCUT2D eigenvalue weighted by molar-refractivity contribution is -0.130. The van der Waals surface area contributed by atoms with E-state index in [0.29, 0.717) is 18.0 Å². The molecule has 1 atom stereocenters. The number of hydrogen-bond donors (Lipinski definition) is 1. The van der Waals surface area contributed by atoms with Crippen LogP contribution in [-0.4, -0.2) is 30.9 Å². The minimum atomic E-state index is -0.580. The fourth-order valence-corrected chi connectivity index (χ4v) is 4.56. The van der Waals surface area contributed by atoms with Crippen molar-refractivity contribution in [2.45, 2.75) is 11.9 Å². The minimum absolute atomic E-state index is 0.126. The van der Waals surface area contributed by atoms with Crippen molar-refractivity contribution in [2.24, 2.45) is 0 Å². The van der Waals surface area contributed by atoms with Gasteiger partial charge in [-0.3, -0.25) is 4.79 Å². The lowest BCUT2D eigenvalue weighted by Crippen LogP contribution is -2.44. The van der Waals surface area contributed by atoms with E-state index in [-0.39, 0.29) is 12.5 Å². The fraction of sp³-hybridized carbons (Fsp3) is 0.312. The second-order valence-electron chi connectivity index (χ2n) is 4.91. The van der Waals surface area contributed by atoms with Crippen LogP contribution in [-0.2, 0) is 10.5 Å². The van der Waals surface area contributed by atoms with Gasteiger partial charge in [-0.1, -0.05) is 12.1 Å². The standard InChI is InChI=1S/C16H16BrNO3S2/c17-15-6-5-11(23-15)10-22-8-7-18-16(19)14-9-20-12-3-1-2-4-13(12)21-14/h1-6,14H,7-10H2,(H,18,19)/t14-/m1/s1. The fourth-order valence-electron chi connectivity index (χ4n) is 2.11. The third kappa shape index (κ3) is 4.65. The average molecular weight is 414 g/mol. The normalized spacial score (nSPS) is 16.1. The number of benzene rings is 1. The molecule has 0 spiro atoms. The van der Waals surface area contributed by atoms with E-state index in [1.54, 1.807) is 23.1 Å². The molecule has 2 heterocycles. The van der Waals surface area contributed by atoms with E-state index in [4.69, 9.17) is 9.47 Å². The Bertz CT molecular complexity index is 677. The largest absolute Gasteiger partial charge is 0.485 e. The molecule has 122 valence electrons. The van der Waals surface area contributed by atoms with Crippen LogP contribution < -0.4 is 14.8 Å². The topological polar surface area (TPSA) is 47.6 Å². The van der Waals surface area contributed by atoms with E-state index in [9.17, 15) is 4.79 Å². The van der Waals surface area contributed by atoms with Gasteiger partial charge in [0.05, 0.1) is 3.79 Å².